The molecule has 1 aromatic heterocycles. The Labute approximate surface area is 194 Å². The number of carbonyl (C=O) groups excluding carboxylic acids is 2. The molecule has 4 rings (SSSR count). The van der Waals surface area contributed by atoms with Crippen molar-refractivity contribution in [1.29, 1.82) is 0 Å². The summed E-state index contributed by atoms with van der Waals surface area (Å²) in [6, 6.07) is 15.3. The van der Waals surface area contributed by atoms with E-state index in [0.717, 1.165) is 17.6 Å². The third-order valence-electron chi connectivity index (χ3n) is 6.10. The number of likely N-dealkylation sites (tertiary alicyclic amines) is 1. The summed E-state index contributed by atoms with van der Waals surface area (Å²) in [6.45, 7) is 6.46. The van der Waals surface area contributed by atoms with Crippen molar-refractivity contribution in [3.05, 3.63) is 54.7 Å². The fourth-order valence-corrected chi connectivity index (χ4v) is 4.36. The van der Waals surface area contributed by atoms with E-state index in [9.17, 15) is 9.59 Å². The summed E-state index contributed by atoms with van der Waals surface area (Å²) < 4.78 is 7.55. The SMILES string of the molecule is COc1ccccc1NC(=O)C1CCN(C(=O)Nc2ccc3c(ccn3CC(C)C)c2)CC1. The highest BCUT2D eigenvalue weighted by Crippen LogP contribution is 2.26. The number of para-hydroxylation sites is 2. The average Bonchev–Trinajstić information content (AvgIpc) is 3.20. The van der Waals surface area contributed by atoms with E-state index in [4.69, 9.17) is 4.74 Å². The molecule has 1 saturated heterocycles. The van der Waals surface area contributed by atoms with Crippen LogP contribution >= 0.6 is 0 Å². The second-order valence-electron chi connectivity index (χ2n) is 9.02. The molecule has 1 aliphatic heterocycles. The molecule has 2 heterocycles. The number of nitrogens with zero attached hydrogens (tertiary/aromatic N) is 2. The predicted octanol–water partition coefficient (Wildman–Crippen LogP) is 5.19. The van der Waals surface area contributed by atoms with E-state index in [2.05, 4.69) is 47.4 Å². The van der Waals surface area contributed by atoms with Gasteiger partial charge in [0.15, 0.2) is 0 Å². The number of ether oxygens (including phenoxy) is 1. The van der Waals surface area contributed by atoms with Gasteiger partial charge in [-0.15, -0.1) is 0 Å². The number of benzene rings is 2. The Morgan fingerprint density at radius 2 is 1.82 bits per heavy atom. The number of methoxy groups -OCH3 is 1. The van der Waals surface area contributed by atoms with Crippen molar-refractivity contribution in [3.8, 4) is 5.75 Å². The Morgan fingerprint density at radius 3 is 2.55 bits per heavy atom. The van der Waals surface area contributed by atoms with E-state index in [0.29, 0.717) is 43.3 Å². The summed E-state index contributed by atoms with van der Waals surface area (Å²) in [6.07, 6.45) is 3.36. The number of piperidine rings is 1. The van der Waals surface area contributed by atoms with Crippen molar-refractivity contribution in [2.75, 3.05) is 30.8 Å². The van der Waals surface area contributed by atoms with Crippen LogP contribution in [-0.2, 0) is 11.3 Å². The van der Waals surface area contributed by atoms with Crippen LogP contribution in [0, 0.1) is 11.8 Å². The van der Waals surface area contributed by atoms with Crippen LogP contribution in [-0.4, -0.2) is 41.6 Å². The molecule has 2 N–H and O–H groups in total. The standard InChI is InChI=1S/C26H32N4O3/c1-18(2)17-30-15-12-20-16-21(8-9-23(20)30)27-26(32)29-13-10-19(11-14-29)25(31)28-22-6-4-5-7-24(22)33-3/h4-9,12,15-16,18-19H,10-11,13-14,17H2,1-3H3,(H,27,32)(H,28,31). The molecule has 0 atom stereocenters. The summed E-state index contributed by atoms with van der Waals surface area (Å²) >= 11 is 0. The minimum atomic E-state index is -0.129. The van der Waals surface area contributed by atoms with Crippen LogP contribution in [0.15, 0.2) is 54.7 Å². The first-order valence-corrected chi connectivity index (χ1v) is 11.5. The molecule has 3 amide bonds. The second kappa shape index (κ2) is 9.98. The predicted molar refractivity (Wildman–Crippen MR) is 132 cm³/mol. The molecule has 0 unspecified atom stereocenters. The van der Waals surface area contributed by atoms with E-state index < -0.39 is 0 Å². The van der Waals surface area contributed by atoms with Crippen LogP contribution < -0.4 is 15.4 Å². The molecule has 0 bridgehead atoms. The highest BCUT2D eigenvalue weighted by Gasteiger charge is 2.28. The quantitative estimate of drug-likeness (QED) is 0.545. The summed E-state index contributed by atoms with van der Waals surface area (Å²) in [5.41, 5.74) is 2.62. The number of hydrogen-bond acceptors (Lipinski definition) is 3. The highest BCUT2D eigenvalue weighted by atomic mass is 16.5. The van der Waals surface area contributed by atoms with Crippen molar-refractivity contribution in [2.45, 2.75) is 33.2 Å². The van der Waals surface area contributed by atoms with Crippen molar-refractivity contribution < 1.29 is 14.3 Å². The Morgan fingerprint density at radius 1 is 1.06 bits per heavy atom. The number of urea groups is 1. The van der Waals surface area contributed by atoms with Crippen LogP contribution in [0.25, 0.3) is 10.9 Å². The Balaban J connectivity index is 1.31. The van der Waals surface area contributed by atoms with E-state index in [1.165, 1.54) is 5.52 Å². The van der Waals surface area contributed by atoms with Crippen molar-refractivity contribution in [2.24, 2.45) is 11.8 Å². The fourth-order valence-electron chi connectivity index (χ4n) is 4.36. The van der Waals surface area contributed by atoms with Crippen molar-refractivity contribution >= 4 is 34.2 Å². The maximum Gasteiger partial charge on any atom is 0.321 e. The van der Waals surface area contributed by atoms with Gasteiger partial charge < -0.3 is 24.8 Å². The lowest BCUT2D eigenvalue weighted by atomic mass is 9.96. The lowest BCUT2D eigenvalue weighted by Crippen LogP contribution is -2.43. The van der Waals surface area contributed by atoms with Gasteiger partial charge in [0, 0.05) is 48.3 Å². The first-order chi connectivity index (χ1) is 15.9. The second-order valence-corrected chi connectivity index (χ2v) is 9.02. The lowest BCUT2D eigenvalue weighted by molar-refractivity contribution is -0.121. The molecule has 174 valence electrons. The highest BCUT2D eigenvalue weighted by molar-refractivity contribution is 5.95. The van der Waals surface area contributed by atoms with Crippen LogP contribution in [0.5, 0.6) is 5.75 Å². The molecule has 0 radical (unpaired) electrons. The zero-order valence-electron chi connectivity index (χ0n) is 19.5. The van der Waals surface area contributed by atoms with Gasteiger partial charge in [-0.25, -0.2) is 4.79 Å². The first kappa shape index (κ1) is 22.7. The topological polar surface area (TPSA) is 75.6 Å². The molecule has 0 saturated carbocycles. The Hall–Kier alpha value is -3.48. The van der Waals surface area contributed by atoms with Gasteiger partial charge in [0.25, 0.3) is 0 Å². The minimum Gasteiger partial charge on any atom is -0.495 e. The fraction of sp³-hybridized carbons (Fsp3) is 0.385. The van der Waals surface area contributed by atoms with E-state index in [1.54, 1.807) is 12.0 Å². The molecular weight excluding hydrogens is 416 g/mol. The summed E-state index contributed by atoms with van der Waals surface area (Å²) in [4.78, 5) is 27.3. The first-order valence-electron chi connectivity index (χ1n) is 11.5. The zero-order valence-corrected chi connectivity index (χ0v) is 19.5. The third kappa shape index (κ3) is 5.30. The number of anilines is 2. The Bertz CT molecular complexity index is 1130. The van der Waals surface area contributed by atoms with Gasteiger partial charge >= 0.3 is 6.03 Å². The van der Waals surface area contributed by atoms with Crippen LogP contribution in [0.3, 0.4) is 0 Å². The van der Waals surface area contributed by atoms with Gasteiger partial charge in [0.05, 0.1) is 12.8 Å². The van der Waals surface area contributed by atoms with Gasteiger partial charge in [-0.1, -0.05) is 26.0 Å². The molecule has 0 aliphatic carbocycles. The molecule has 7 heteroatoms. The molecule has 1 fully saturated rings. The maximum atomic E-state index is 12.8. The molecule has 33 heavy (non-hydrogen) atoms. The molecule has 3 aromatic rings. The van der Waals surface area contributed by atoms with Gasteiger partial charge in [0.1, 0.15) is 5.75 Å². The van der Waals surface area contributed by atoms with Crippen molar-refractivity contribution in [1.82, 2.24) is 9.47 Å². The Kier molecular flexibility index (Phi) is 6.87. The number of rotatable bonds is 6. The molecular formula is C26H32N4O3. The maximum absolute atomic E-state index is 12.8. The summed E-state index contributed by atoms with van der Waals surface area (Å²) in [7, 11) is 1.58. The van der Waals surface area contributed by atoms with Gasteiger partial charge in [-0.3, -0.25) is 4.79 Å². The van der Waals surface area contributed by atoms with Gasteiger partial charge in [-0.2, -0.15) is 0 Å². The molecule has 7 nitrogen and oxygen atoms in total. The average molecular weight is 449 g/mol. The van der Waals surface area contributed by atoms with Gasteiger partial charge in [-0.05, 0) is 55.2 Å². The molecule has 2 aromatic carbocycles. The number of aromatic nitrogens is 1. The van der Waals surface area contributed by atoms with Gasteiger partial charge in [0.2, 0.25) is 5.91 Å². The number of hydrogen-bond donors (Lipinski definition) is 2. The normalized spacial score (nSPS) is 14.5. The monoisotopic (exact) mass is 448 g/mol. The minimum absolute atomic E-state index is 0.0316. The van der Waals surface area contributed by atoms with Crippen LogP contribution in [0.4, 0.5) is 16.2 Å². The van der Waals surface area contributed by atoms with E-state index in [1.807, 2.05) is 36.4 Å². The van der Waals surface area contributed by atoms with Crippen LogP contribution in [0.1, 0.15) is 26.7 Å². The van der Waals surface area contributed by atoms with E-state index in [-0.39, 0.29) is 17.9 Å². The van der Waals surface area contributed by atoms with Crippen molar-refractivity contribution in [3.63, 3.8) is 0 Å². The number of nitrogens with one attached hydrogen (secondary N) is 2. The summed E-state index contributed by atoms with van der Waals surface area (Å²) in [5.74, 6) is 1.05. The summed E-state index contributed by atoms with van der Waals surface area (Å²) in [5, 5.41) is 7.09. The number of fused-ring (bicyclic) bond motifs is 1. The number of carbonyl (C=O) groups is 2. The number of amides is 3. The smallest absolute Gasteiger partial charge is 0.321 e. The zero-order chi connectivity index (χ0) is 23.4. The lowest BCUT2D eigenvalue weighted by Gasteiger charge is -2.31. The molecule has 1 aliphatic rings. The molecule has 0 spiro atoms. The third-order valence-corrected chi connectivity index (χ3v) is 6.10. The van der Waals surface area contributed by atoms with E-state index >= 15 is 0 Å². The largest absolute Gasteiger partial charge is 0.495 e. The van der Waals surface area contributed by atoms with Crippen LogP contribution in [0.2, 0.25) is 0 Å².